The molecule has 0 saturated carbocycles. The average molecular weight is 449 g/mol. The minimum Gasteiger partial charge on any atom is -0.335 e. The van der Waals surface area contributed by atoms with Crippen molar-refractivity contribution in [3.8, 4) is 0 Å². The van der Waals surface area contributed by atoms with E-state index in [1.54, 1.807) is 31.2 Å². The molecule has 1 fully saturated rings. The van der Waals surface area contributed by atoms with Gasteiger partial charge in [-0.2, -0.15) is 0 Å². The van der Waals surface area contributed by atoms with Crippen LogP contribution < -0.4 is 4.31 Å². The van der Waals surface area contributed by atoms with E-state index in [-0.39, 0.29) is 33.9 Å². The number of anilines is 1. The minimum atomic E-state index is -3.81. The number of hydrogen-bond donors (Lipinski definition) is 0. The Balaban J connectivity index is 1.63. The summed E-state index contributed by atoms with van der Waals surface area (Å²) < 4.78 is 51.6. The van der Waals surface area contributed by atoms with E-state index in [9.17, 15) is 21.6 Å². The molecule has 0 aromatic heterocycles. The van der Waals surface area contributed by atoms with Gasteiger partial charge in [0.1, 0.15) is 0 Å². The van der Waals surface area contributed by atoms with Gasteiger partial charge in [0.2, 0.25) is 0 Å². The first-order valence-corrected chi connectivity index (χ1v) is 13.2. The summed E-state index contributed by atoms with van der Waals surface area (Å²) in [5.74, 6) is -0.321. The van der Waals surface area contributed by atoms with E-state index < -0.39 is 19.9 Å². The Labute approximate surface area is 177 Å². The molecule has 0 aliphatic carbocycles. The van der Waals surface area contributed by atoms with Crippen LogP contribution in [0.5, 0.6) is 0 Å². The molecule has 2 aliphatic heterocycles. The van der Waals surface area contributed by atoms with E-state index in [4.69, 9.17) is 0 Å². The second-order valence-corrected chi connectivity index (χ2v) is 11.7. The van der Waals surface area contributed by atoms with Crippen LogP contribution in [0.1, 0.15) is 29.3 Å². The van der Waals surface area contributed by atoms with Crippen LogP contribution in [0.2, 0.25) is 0 Å². The molecule has 4 rings (SSSR count). The number of benzene rings is 2. The Bertz CT molecular complexity index is 1190. The van der Waals surface area contributed by atoms with Gasteiger partial charge in [0.15, 0.2) is 9.84 Å². The van der Waals surface area contributed by atoms with Gasteiger partial charge in [0.25, 0.3) is 15.9 Å². The molecule has 0 bridgehead atoms. The molecule has 2 aromatic rings. The highest BCUT2D eigenvalue weighted by atomic mass is 32.2. The summed E-state index contributed by atoms with van der Waals surface area (Å²) in [4.78, 5) is 14.7. The summed E-state index contributed by atoms with van der Waals surface area (Å²) in [6.45, 7) is 2.51. The highest BCUT2D eigenvalue weighted by molar-refractivity contribution is 7.93. The van der Waals surface area contributed by atoms with Gasteiger partial charge in [-0.1, -0.05) is 24.3 Å². The predicted octanol–water partition coefficient (Wildman–Crippen LogP) is 2.09. The number of amides is 1. The monoisotopic (exact) mass is 448 g/mol. The second kappa shape index (κ2) is 7.70. The van der Waals surface area contributed by atoms with Crippen molar-refractivity contribution < 1.29 is 21.6 Å². The largest absolute Gasteiger partial charge is 0.335 e. The van der Waals surface area contributed by atoms with E-state index in [1.165, 1.54) is 21.3 Å². The zero-order valence-electron chi connectivity index (χ0n) is 16.7. The lowest BCUT2D eigenvalue weighted by Crippen LogP contribution is -2.41. The summed E-state index contributed by atoms with van der Waals surface area (Å²) in [7, 11) is -6.95. The Hall–Kier alpha value is -2.39. The molecule has 160 valence electrons. The van der Waals surface area contributed by atoms with Crippen molar-refractivity contribution in [2.45, 2.75) is 30.7 Å². The zero-order valence-corrected chi connectivity index (χ0v) is 18.3. The number of para-hydroxylation sites is 1. The van der Waals surface area contributed by atoms with Crippen molar-refractivity contribution in [3.63, 3.8) is 0 Å². The number of nitrogens with zero attached hydrogens (tertiary/aromatic N) is 2. The molecule has 1 saturated heterocycles. The first kappa shape index (κ1) is 20.9. The van der Waals surface area contributed by atoms with Gasteiger partial charge in [-0.15, -0.1) is 0 Å². The van der Waals surface area contributed by atoms with Crippen LogP contribution in [0.4, 0.5) is 5.69 Å². The number of hydrogen-bond acceptors (Lipinski definition) is 5. The van der Waals surface area contributed by atoms with Crippen LogP contribution in [0, 0.1) is 0 Å². The Morgan fingerprint density at radius 2 is 1.93 bits per heavy atom. The molecule has 0 radical (unpaired) electrons. The van der Waals surface area contributed by atoms with Gasteiger partial charge >= 0.3 is 0 Å². The van der Waals surface area contributed by atoms with Crippen molar-refractivity contribution in [1.82, 2.24) is 4.90 Å². The molecule has 0 N–H and O–H groups in total. The summed E-state index contributed by atoms with van der Waals surface area (Å²) in [6, 6.07) is 13.0. The highest BCUT2D eigenvalue weighted by Gasteiger charge is 2.35. The molecule has 1 atom stereocenters. The van der Waals surface area contributed by atoms with Crippen molar-refractivity contribution in [2.75, 3.05) is 28.9 Å². The number of sulfone groups is 1. The Morgan fingerprint density at radius 1 is 1.17 bits per heavy atom. The SMILES string of the molecule is CCN(C(=O)c1cccc(S(=O)(=O)N2CCc3ccccc32)c1)[C@@H]1CCS(=O)(=O)C1. The van der Waals surface area contributed by atoms with E-state index >= 15 is 0 Å². The van der Waals surface area contributed by atoms with Crippen LogP contribution in [-0.4, -0.2) is 58.3 Å². The molecular formula is C21H24N2O5S2. The third-order valence-electron chi connectivity index (χ3n) is 5.76. The lowest BCUT2D eigenvalue weighted by molar-refractivity contribution is 0.0708. The molecule has 7 nitrogen and oxygen atoms in total. The normalized spacial score (nSPS) is 20.2. The van der Waals surface area contributed by atoms with E-state index in [1.807, 2.05) is 12.1 Å². The Kier molecular flexibility index (Phi) is 5.36. The minimum absolute atomic E-state index is 0.0465. The third kappa shape index (κ3) is 3.72. The van der Waals surface area contributed by atoms with Gasteiger partial charge in [-0.25, -0.2) is 16.8 Å². The molecule has 0 spiro atoms. The molecular weight excluding hydrogens is 424 g/mol. The number of fused-ring (bicyclic) bond motifs is 1. The molecule has 2 aliphatic rings. The second-order valence-electron chi connectivity index (χ2n) is 7.63. The molecule has 2 aromatic carbocycles. The van der Waals surface area contributed by atoms with Gasteiger partial charge < -0.3 is 4.90 Å². The molecule has 0 unspecified atom stereocenters. The standard InChI is InChI=1S/C21H24N2O5S2/c1-2-22(18-11-13-29(25,26)15-18)21(24)17-7-5-8-19(14-17)30(27,28)23-12-10-16-6-3-4-9-20(16)23/h3-9,14,18H,2,10-13,15H2,1H3/t18-/m1/s1. The smallest absolute Gasteiger partial charge is 0.264 e. The van der Waals surface area contributed by atoms with Gasteiger partial charge in [0, 0.05) is 24.7 Å². The number of sulfonamides is 1. The quantitative estimate of drug-likeness (QED) is 0.698. The van der Waals surface area contributed by atoms with Crippen molar-refractivity contribution in [3.05, 3.63) is 59.7 Å². The fourth-order valence-electron chi connectivity index (χ4n) is 4.23. The number of carbonyl (C=O) groups excluding carboxylic acids is 1. The molecule has 30 heavy (non-hydrogen) atoms. The topological polar surface area (TPSA) is 91.8 Å². The zero-order chi connectivity index (χ0) is 21.5. The Morgan fingerprint density at radius 3 is 2.63 bits per heavy atom. The van der Waals surface area contributed by atoms with Crippen molar-refractivity contribution >= 4 is 31.5 Å². The lowest BCUT2D eigenvalue weighted by Gasteiger charge is -2.27. The maximum atomic E-state index is 13.3. The van der Waals surface area contributed by atoms with E-state index in [2.05, 4.69) is 0 Å². The van der Waals surface area contributed by atoms with Gasteiger partial charge in [-0.05, 0) is 49.6 Å². The van der Waals surface area contributed by atoms with Crippen LogP contribution in [0.25, 0.3) is 0 Å². The third-order valence-corrected chi connectivity index (χ3v) is 9.32. The van der Waals surface area contributed by atoms with Crippen LogP contribution in [-0.2, 0) is 26.3 Å². The van der Waals surface area contributed by atoms with Gasteiger partial charge in [-0.3, -0.25) is 9.10 Å². The van der Waals surface area contributed by atoms with Crippen LogP contribution in [0.3, 0.4) is 0 Å². The molecule has 1 amide bonds. The number of carbonyl (C=O) groups is 1. The van der Waals surface area contributed by atoms with E-state index in [0.717, 1.165) is 5.56 Å². The molecule has 2 heterocycles. The van der Waals surface area contributed by atoms with Crippen molar-refractivity contribution in [2.24, 2.45) is 0 Å². The first-order valence-electron chi connectivity index (χ1n) is 9.95. The number of rotatable bonds is 5. The average Bonchev–Trinajstić information content (AvgIpc) is 3.32. The lowest BCUT2D eigenvalue weighted by atomic mass is 10.1. The summed E-state index contributed by atoms with van der Waals surface area (Å²) in [5, 5.41) is 0. The van der Waals surface area contributed by atoms with Crippen LogP contribution in [0.15, 0.2) is 53.4 Å². The van der Waals surface area contributed by atoms with Crippen molar-refractivity contribution in [1.29, 1.82) is 0 Å². The summed E-state index contributed by atoms with van der Waals surface area (Å²) in [6.07, 6.45) is 1.05. The first-order chi connectivity index (χ1) is 14.2. The fourth-order valence-corrected chi connectivity index (χ4v) is 7.51. The highest BCUT2D eigenvalue weighted by Crippen LogP contribution is 2.33. The maximum absolute atomic E-state index is 13.3. The van der Waals surface area contributed by atoms with Crippen LogP contribution >= 0.6 is 0 Å². The summed E-state index contributed by atoms with van der Waals surface area (Å²) in [5.41, 5.74) is 1.89. The predicted molar refractivity (Wildman–Crippen MR) is 115 cm³/mol. The van der Waals surface area contributed by atoms with Gasteiger partial charge in [0.05, 0.1) is 22.1 Å². The van der Waals surface area contributed by atoms with E-state index in [0.29, 0.717) is 31.6 Å². The fraction of sp³-hybridized carbons (Fsp3) is 0.381. The maximum Gasteiger partial charge on any atom is 0.264 e. The summed E-state index contributed by atoms with van der Waals surface area (Å²) >= 11 is 0. The molecule has 9 heteroatoms.